The molecule has 2 atom stereocenters. The fourth-order valence-corrected chi connectivity index (χ4v) is 4.04. The Kier molecular flexibility index (Phi) is 8.08. The summed E-state index contributed by atoms with van der Waals surface area (Å²) in [6.45, 7) is 8.02. The lowest BCUT2D eigenvalue weighted by Gasteiger charge is -2.38. The Bertz CT molecular complexity index is 804. The quantitative estimate of drug-likeness (QED) is 0.544. The van der Waals surface area contributed by atoms with E-state index in [1.807, 2.05) is 31.3 Å². The molecule has 6 heteroatoms. The molecule has 0 amide bonds. The highest BCUT2D eigenvalue weighted by Crippen LogP contribution is 2.20. The standard InChI is InChI=1S/C24H36N6/c1-5-25-24(27-17-21-12-9-14-26-23(21)29(3)4)28-22-13-15-30(19(2)16-22)18-20-10-7-6-8-11-20/h6-12,14,19,22H,5,13,15-18H2,1-4H3,(H2,25,27,28). The summed E-state index contributed by atoms with van der Waals surface area (Å²) >= 11 is 0. The third-order valence-electron chi connectivity index (χ3n) is 5.63. The van der Waals surface area contributed by atoms with Gasteiger partial charge in [0.15, 0.2) is 5.96 Å². The minimum absolute atomic E-state index is 0.437. The van der Waals surface area contributed by atoms with E-state index in [0.29, 0.717) is 18.6 Å². The first kappa shape index (κ1) is 22.1. The number of hydrogen-bond acceptors (Lipinski definition) is 4. The number of rotatable bonds is 7. The molecule has 2 aromatic rings. The summed E-state index contributed by atoms with van der Waals surface area (Å²) in [7, 11) is 4.03. The molecule has 0 spiro atoms. The second-order valence-corrected chi connectivity index (χ2v) is 8.25. The van der Waals surface area contributed by atoms with E-state index >= 15 is 0 Å². The first-order valence-electron chi connectivity index (χ1n) is 11.0. The van der Waals surface area contributed by atoms with Crippen LogP contribution in [0, 0.1) is 0 Å². The number of aromatic nitrogens is 1. The molecule has 162 valence electrons. The Morgan fingerprint density at radius 2 is 2.00 bits per heavy atom. The van der Waals surface area contributed by atoms with E-state index in [1.54, 1.807) is 0 Å². The molecule has 0 radical (unpaired) electrons. The second kappa shape index (κ2) is 11.0. The molecule has 6 nitrogen and oxygen atoms in total. The van der Waals surface area contributed by atoms with Crippen molar-refractivity contribution in [2.45, 2.75) is 51.9 Å². The van der Waals surface area contributed by atoms with Gasteiger partial charge in [-0.05, 0) is 38.3 Å². The Hall–Kier alpha value is -2.60. The summed E-state index contributed by atoms with van der Waals surface area (Å²) in [6.07, 6.45) is 4.07. The third-order valence-corrected chi connectivity index (χ3v) is 5.63. The van der Waals surface area contributed by atoms with Crippen LogP contribution in [-0.2, 0) is 13.1 Å². The normalized spacial score (nSPS) is 20.1. The van der Waals surface area contributed by atoms with Crippen LogP contribution in [0.3, 0.4) is 0 Å². The van der Waals surface area contributed by atoms with Crippen LogP contribution in [0.2, 0.25) is 0 Å². The van der Waals surface area contributed by atoms with Gasteiger partial charge < -0.3 is 15.5 Å². The minimum Gasteiger partial charge on any atom is -0.362 e. The molecule has 3 rings (SSSR count). The van der Waals surface area contributed by atoms with Crippen LogP contribution >= 0.6 is 0 Å². The Morgan fingerprint density at radius 3 is 2.70 bits per heavy atom. The molecular formula is C24H36N6. The van der Waals surface area contributed by atoms with Crippen molar-refractivity contribution in [1.29, 1.82) is 0 Å². The Morgan fingerprint density at radius 1 is 1.20 bits per heavy atom. The number of benzene rings is 1. The molecule has 1 saturated heterocycles. The molecular weight excluding hydrogens is 372 g/mol. The number of aliphatic imine (C=N–C) groups is 1. The van der Waals surface area contributed by atoms with Crippen molar-refractivity contribution in [2.24, 2.45) is 4.99 Å². The SMILES string of the molecule is CCNC(=NCc1cccnc1N(C)C)NC1CCN(Cc2ccccc2)C(C)C1. The first-order chi connectivity index (χ1) is 14.6. The van der Waals surface area contributed by atoms with Crippen LogP contribution in [-0.4, -0.2) is 55.1 Å². The van der Waals surface area contributed by atoms with Gasteiger partial charge in [-0.1, -0.05) is 36.4 Å². The molecule has 0 bridgehead atoms. The van der Waals surface area contributed by atoms with Crippen molar-refractivity contribution in [3.05, 3.63) is 59.8 Å². The summed E-state index contributed by atoms with van der Waals surface area (Å²) in [6, 6.07) is 15.8. The van der Waals surface area contributed by atoms with Crippen LogP contribution in [0.1, 0.15) is 37.8 Å². The van der Waals surface area contributed by atoms with Gasteiger partial charge in [-0.2, -0.15) is 0 Å². The maximum atomic E-state index is 4.85. The van der Waals surface area contributed by atoms with E-state index in [1.165, 1.54) is 5.56 Å². The van der Waals surface area contributed by atoms with Crippen LogP contribution in [0.15, 0.2) is 53.7 Å². The van der Waals surface area contributed by atoms with Gasteiger partial charge in [-0.15, -0.1) is 0 Å². The zero-order valence-corrected chi connectivity index (χ0v) is 18.8. The number of piperidine rings is 1. The molecule has 1 aromatic carbocycles. The van der Waals surface area contributed by atoms with Crippen molar-refractivity contribution in [3.8, 4) is 0 Å². The summed E-state index contributed by atoms with van der Waals surface area (Å²) in [5.74, 6) is 1.86. The van der Waals surface area contributed by atoms with Crippen LogP contribution in [0.5, 0.6) is 0 Å². The largest absolute Gasteiger partial charge is 0.362 e. The van der Waals surface area contributed by atoms with Crippen molar-refractivity contribution in [3.63, 3.8) is 0 Å². The highest BCUT2D eigenvalue weighted by Gasteiger charge is 2.26. The molecule has 30 heavy (non-hydrogen) atoms. The van der Waals surface area contributed by atoms with E-state index in [4.69, 9.17) is 4.99 Å². The molecule has 1 aromatic heterocycles. The molecule has 1 aliphatic heterocycles. The van der Waals surface area contributed by atoms with Crippen molar-refractivity contribution >= 4 is 11.8 Å². The van der Waals surface area contributed by atoms with E-state index in [0.717, 1.165) is 49.8 Å². The molecule has 0 saturated carbocycles. The zero-order valence-electron chi connectivity index (χ0n) is 18.8. The number of pyridine rings is 1. The minimum atomic E-state index is 0.437. The average Bonchev–Trinajstić information content (AvgIpc) is 2.75. The molecule has 2 unspecified atom stereocenters. The Labute approximate surface area is 181 Å². The number of nitrogens with zero attached hydrogens (tertiary/aromatic N) is 4. The summed E-state index contributed by atoms with van der Waals surface area (Å²) < 4.78 is 0. The summed E-state index contributed by atoms with van der Waals surface area (Å²) in [4.78, 5) is 13.9. The zero-order chi connectivity index (χ0) is 21.3. The maximum Gasteiger partial charge on any atom is 0.191 e. The first-order valence-corrected chi connectivity index (χ1v) is 11.0. The van der Waals surface area contributed by atoms with Gasteiger partial charge in [0.25, 0.3) is 0 Å². The van der Waals surface area contributed by atoms with E-state index in [9.17, 15) is 0 Å². The highest BCUT2D eigenvalue weighted by molar-refractivity contribution is 5.80. The van der Waals surface area contributed by atoms with E-state index in [-0.39, 0.29) is 0 Å². The van der Waals surface area contributed by atoms with Gasteiger partial charge in [0.1, 0.15) is 5.82 Å². The molecule has 1 fully saturated rings. The topological polar surface area (TPSA) is 55.8 Å². The number of anilines is 1. The highest BCUT2D eigenvalue weighted by atomic mass is 15.2. The van der Waals surface area contributed by atoms with Gasteiger partial charge in [0.05, 0.1) is 6.54 Å². The van der Waals surface area contributed by atoms with Gasteiger partial charge in [-0.25, -0.2) is 9.98 Å². The third kappa shape index (κ3) is 6.20. The number of likely N-dealkylation sites (tertiary alicyclic amines) is 1. The predicted octanol–water partition coefficient (Wildman–Crippen LogP) is 3.26. The molecule has 2 N–H and O–H groups in total. The van der Waals surface area contributed by atoms with Crippen molar-refractivity contribution in [1.82, 2.24) is 20.5 Å². The number of hydrogen-bond donors (Lipinski definition) is 2. The average molecular weight is 409 g/mol. The van der Waals surface area contributed by atoms with Gasteiger partial charge in [0, 0.05) is 57.6 Å². The molecule has 0 aliphatic carbocycles. The second-order valence-electron chi connectivity index (χ2n) is 8.25. The van der Waals surface area contributed by atoms with Crippen LogP contribution < -0.4 is 15.5 Å². The number of nitrogens with one attached hydrogen (secondary N) is 2. The monoisotopic (exact) mass is 408 g/mol. The van der Waals surface area contributed by atoms with Gasteiger partial charge in [-0.3, -0.25) is 4.90 Å². The van der Waals surface area contributed by atoms with Gasteiger partial charge >= 0.3 is 0 Å². The Balaban J connectivity index is 1.58. The predicted molar refractivity (Wildman–Crippen MR) is 126 cm³/mol. The summed E-state index contributed by atoms with van der Waals surface area (Å²) in [5.41, 5.74) is 2.52. The fourth-order valence-electron chi connectivity index (χ4n) is 4.04. The lowest BCUT2D eigenvalue weighted by atomic mass is 9.97. The maximum absolute atomic E-state index is 4.85. The van der Waals surface area contributed by atoms with E-state index < -0.39 is 0 Å². The lowest BCUT2D eigenvalue weighted by Crippen LogP contribution is -2.51. The molecule has 2 heterocycles. The van der Waals surface area contributed by atoms with E-state index in [2.05, 4.69) is 70.8 Å². The van der Waals surface area contributed by atoms with Crippen LogP contribution in [0.25, 0.3) is 0 Å². The van der Waals surface area contributed by atoms with Crippen LogP contribution in [0.4, 0.5) is 5.82 Å². The smallest absolute Gasteiger partial charge is 0.191 e. The molecule has 1 aliphatic rings. The van der Waals surface area contributed by atoms with Crippen molar-refractivity contribution < 1.29 is 0 Å². The van der Waals surface area contributed by atoms with Gasteiger partial charge in [0.2, 0.25) is 0 Å². The van der Waals surface area contributed by atoms with Crippen molar-refractivity contribution in [2.75, 3.05) is 32.1 Å². The summed E-state index contributed by atoms with van der Waals surface area (Å²) in [5, 5.41) is 7.07. The lowest BCUT2D eigenvalue weighted by molar-refractivity contribution is 0.134. The fraction of sp³-hybridized carbons (Fsp3) is 0.500. The number of guanidine groups is 1.